The number of rotatable bonds is 5. The lowest BCUT2D eigenvalue weighted by molar-refractivity contribution is 0.385. The number of ether oxygens (including phenoxy) is 2. The summed E-state index contributed by atoms with van der Waals surface area (Å²) in [7, 11) is -0.488. The van der Waals surface area contributed by atoms with Crippen LogP contribution < -0.4 is 9.47 Å². The lowest BCUT2D eigenvalue weighted by atomic mass is 10.1. The maximum Gasteiger partial charge on any atom is 0.243 e. The van der Waals surface area contributed by atoms with Crippen molar-refractivity contribution in [3.63, 3.8) is 0 Å². The summed E-state index contributed by atoms with van der Waals surface area (Å²) in [5.74, 6) is 1.90. The first-order valence-electron chi connectivity index (χ1n) is 9.14. The second-order valence-electron chi connectivity index (χ2n) is 6.66. The Kier molecular flexibility index (Phi) is 5.21. The second kappa shape index (κ2) is 7.81. The molecule has 7 nitrogen and oxygen atoms in total. The van der Waals surface area contributed by atoms with Gasteiger partial charge in [-0.15, -0.1) is 0 Å². The van der Waals surface area contributed by atoms with Gasteiger partial charge in [-0.25, -0.2) is 18.4 Å². The summed E-state index contributed by atoms with van der Waals surface area (Å²) >= 11 is 0. The van der Waals surface area contributed by atoms with E-state index in [2.05, 4.69) is 9.97 Å². The smallest absolute Gasteiger partial charge is 0.243 e. The highest BCUT2D eigenvalue weighted by atomic mass is 32.2. The van der Waals surface area contributed by atoms with E-state index >= 15 is 0 Å². The van der Waals surface area contributed by atoms with Crippen LogP contribution in [0.1, 0.15) is 11.3 Å². The Morgan fingerprint density at radius 2 is 1.76 bits per heavy atom. The molecule has 1 aliphatic rings. The summed E-state index contributed by atoms with van der Waals surface area (Å²) in [6, 6.07) is 14.0. The molecule has 2 heterocycles. The Hall–Kier alpha value is -2.97. The molecule has 0 N–H and O–H groups in total. The van der Waals surface area contributed by atoms with Gasteiger partial charge >= 0.3 is 0 Å². The van der Waals surface area contributed by atoms with Crippen molar-refractivity contribution in [2.24, 2.45) is 0 Å². The lowest BCUT2D eigenvalue weighted by Gasteiger charge is -2.27. The van der Waals surface area contributed by atoms with Crippen LogP contribution in [0.25, 0.3) is 11.4 Å². The minimum atomic E-state index is -3.62. The summed E-state index contributed by atoms with van der Waals surface area (Å²) in [6.45, 7) is 0.614. The van der Waals surface area contributed by atoms with Gasteiger partial charge in [0.2, 0.25) is 10.0 Å². The Balaban J connectivity index is 1.58. The van der Waals surface area contributed by atoms with Crippen LogP contribution in [0.15, 0.2) is 59.6 Å². The number of nitrogens with zero attached hydrogens (tertiary/aromatic N) is 3. The normalized spacial score (nSPS) is 14.3. The fourth-order valence-corrected chi connectivity index (χ4v) is 4.74. The van der Waals surface area contributed by atoms with Crippen molar-refractivity contribution in [1.29, 1.82) is 0 Å². The number of hydrogen-bond donors (Lipinski definition) is 0. The SMILES string of the molecule is COc1ccc(-c2ncc3c(n2)CCN(S(=O)(=O)c2cccc(OC)c2)C3)cc1. The van der Waals surface area contributed by atoms with Crippen LogP contribution in [0, 0.1) is 0 Å². The molecule has 0 amide bonds. The molecule has 8 heteroatoms. The molecule has 3 aromatic rings. The molecule has 1 aromatic heterocycles. The largest absolute Gasteiger partial charge is 0.497 e. The molecule has 0 aliphatic carbocycles. The Morgan fingerprint density at radius 1 is 1.00 bits per heavy atom. The average molecular weight is 411 g/mol. The number of fused-ring (bicyclic) bond motifs is 1. The third-order valence-electron chi connectivity index (χ3n) is 4.93. The number of sulfonamides is 1. The van der Waals surface area contributed by atoms with E-state index in [1.807, 2.05) is 24.3 Å². The molecule has 29 heavy (non-hydrogen) atoms. The van der Waals surface area contributed by atoms with Crippen molar-refractivity contribution in [3.8, 4) is 22.9 Å². The monoisotopic (exact) mass is 411 g/mol. The van der Waals surface area contributed by atoms with E-state index in [1.165, 1.54) is 17.5 Å². The van der Waals surface area contributed by atoms with Gasteiger partial charge in [-0.05, 0) is 36.4 Å². The molecule has 0 fully saturated rings. The van der Waals surface area contributed by atoms with Crippen LogP contribution in [0.5, 0.6) is 11.5 Å². The van der Waals surface area contributed by atoms with Gasteiger partial charge in [0, 0.05) is 42.9 Å². The van der Waals surface area contributed by atoms with Crippen LogP contribution in [0.4, 0.5) is 0 Å². The predicted molar refractivity (Wildman–Crippen MR) is 108 cm³/mol. The summed E-state index contributed by atoms with van der Waals surface area (Å²) in [6.07, 6.45) is 2.25. The van der Waals surface area contributed by atoms with Gasteiger partial charge in [-0.3, -0.25) is 0 Å². The lowest BCUT2D eigenvalue weighted by Crippen LogP contribution is -2.36. The van der Waals surface area contributed by atoms with Crippen molar-refractivity contribution < 1.29 is 17.9 Å². The van der Waals surface area contributed by atoms with Gasteiger partial charge in [0.05, 0.1) is 24.8 Å². The molecule has 0 unspecified atom stereocenters. The summed E-state index contributed by atoms with van der Waals surface area (Å²) in [5.41, 5.74) is 2.59. The molecule has 0 spiro atoms. The maximum absolute atomic E-state index is 13.0. The van der Waals surface area contributed by atoms with Crippen molar-refractivity contribution >= 4 is 10.0 Å². The van der Waals surface area contributed by atoms with Crippen LogP contribution in [0.3, 0.4) is 0 Å². The van der Waals surface area contributed by atoms with Crippen molar-refractivity contribution in [3.05, 3.63) is 66.0 Å². The minimum Gasteiger partial charge on any atom is -0.497 e. The molecule has 0 radical (unpaired) electrons. The fourth-order valence-electron chi connectivity index (χ4n) is 3.29. The van der Waals surface area contributed by atoms with Gasteiger partial charge in [0.1, 0.15) is 11.5 Å². The average Bonchev–Trinajstić information content (AvgIpc) is 2.78. The van der Waals surface area contributed by atoms with Crippen LogP contribution in [-0.2, 0) is 23.0 Å². The van der Waals surface area contributed by atoms with Crippen molar-refractivity contribution in [2.75, 3.05) is 20.8 Å². The molecule has 0 bridgehead atoms. The summed E-state index contributed by atoms with van der Waals surface area (Å²) in [5, 5.41) is 0. The zero-order valence-electron chi connectivity index (χ0n) is 16.2. The molecule has 150 valence electrons. The first-order valence-corrected chi connectivity index (χ1v) is 10.6. The van der Waals surface area contributed by atoms with E-state index in [4.69, 9.17) is 9.47 Å². The highest BCUT2D eigenvalue weighted by molar-refractivity contribution is 7.89. The quantitative estimate of drug-likeness (QED) is 0.642. The zero-order valence-corrected chi connectivity index (χ0v) is 17.0. The standard InChI is InChI=1S/C21H21N3O4S/c1-27-17-8-6-15(7-9-17)21-22-13-16-14-24(11-10-20(16)23-21)29(25,26)19-5-3-4-18(12-19)28-2/h3-9,12-13H,10-11,14H2,1-2H3. The molecule has 0 saturated carbocycles. The molecule has 1 aliphatic heterocycles. The van der Waals surface area contributed by atoms with Gasteiger partial charge in [-0.1, -0.05) is 6.07 Å². The van der Waals surface area contributed by atoms with Gasteiger partial charge in [-0.2, -0.15) is 4.31 Å². The third-order valence-corrected chi connectivity index (χ3v) is 6.77. The first-order chi connectivity index (χ1) is 14.0. The molecule has 0 atom stereocenters. The van der Waals surface area contributed by atoms with E-state index in [0.717, 1.165) is 22.6 Å². The minimum absolute atomic E-state index is 0.219. The highest BCUT2D eigenvalue weighted by Gasteiger charge is 2.29. The van der Waals surface area contributed by atoms with Gasteiger partial charge in [0.15, 0.2) is 5.82 Å². The zero-order chi connectivity index (χ0) is 20.4. The maximum atomic E-state index is 13.0. The van der Waals surface area contributed by atoms with Crippen molar-refractivity contribution in [2.45, 2.75) is 17.9 Å². The number of hydrogen-bond acceptors (Lipinski definition) is 6. The Bertz CT molecular complexity index is 1130. The van der Waals surface area contributed by atoms with Crippen LogP contribution in [-0.4, -0.2) is 43.5 Å². The van der Waals surface area contributed by atoms with Gasteiger partial charge < -0.3 is 9.47 Å². The Labute approximate surface area is 170 Å². The molecular formula is C21H21N3O4S. The summed E-state index contributed by atoms with van der Waals surface area (Å²) in [4.78, 5) is 9.32. The second-order valence-corrected chi connectivity index (χ2v) is 8.60. The van der Waals surface area contributed by atoms with Crippen molar-refractivity contribution in [1.82, 2.24) is 14.3 Å². The van der Waals surface area contributed by atoms with E-state index in [0.29, 0.717) is 24.5 Å². The molecular weight excluding hydrogens is 390 g/mol. The molecule has 0 saturated heterocycles. The van der Waals surface area contributed by atoms with E-state index < -0.39 is 10.0 Å². The van der Waals surface area contributed by atoms with E-state index in [-0.39, 0.29) is 11.4 Å². The first kappa shape index (κ1) is 19.4. The fraction of sp³-hybridized carbons (Fsp3) is 0.238. The topological polar surface area (TPSA) is 81.6 Å². The molecule has 2 aromatic carbocycles. The number of aromatic nitrogens is 2. The van der Waals surface area contributed by atoms with Crippen LogP contribution in [0.2, 0.25) is 0 Å². The number of methoxy groups -OCH3 is 2. The predicted octanol–water partition coefficient (Wildman–Crippen LogP) is 2.91. The number of benzene rings is 2. The molecule has 4 rings (SSSR count). The van der Waals surface area contributed by atoms with Gasteiger partial charge in [0.25, 0.3) is 0 Å². The van der Waals surface area contributed by atoms with E-state index in [1.54, 1.807) is 31.5 Å². The third kappa shape index (κ3) is 3.81. The highest BCUT2D eigenvalue weighted by Crippen LogP contribution is 2.27. The Morgan fingerprint density at radius 3 is 2.48 bits per heavy atom. The summed E-state index contributed by atoms with van der Waals surface area (Å²) < 4.78 is 37.9. The van der Waals surface area contributed by atoms with E-state index in [9.17, 15) is 8.42 Å². The van der Waals surface area contributed by atoms with Crippen LogP contribution >= 0.6 is 0 Å².